The molecule has 149 heavy (non-hydrogen) atoms. The zero-order chi connectivity index (χ0) is 108. The fraction of sp³-hybridized carbons (Fsp3) is 0.213. The van der Waals surface area contributed by atoms with Crippen molar-refractivity contribution >= 4 is 222 Å². The first-order chi connectivity index (χ1) is 71.3. The van der Waals surface area contributed by atoms with Crippen molar-refractivity contribution in [3.8, 4) is 0 Å². The lowest BCUT2D eigenvalue weighted by atomic mass is 10.0. The number of ketones is 16. The zero-order valence-electron chi connectivity index (χ0n) is 84.2. The molecule has 0 unspecified atom stereocenters. The Balaban J connectivity index is 0.000000189. The Hall–Kier alpha value is -12.9. The van der Waals surface area contributed by atoms with Crippen LogP contribution < -0.4 is 0 Å². The number of halogens is 3. The molecule has 0 radical (unpaired) electrons. The number of aryl methyl sites for hydroxylation is 10. The number of carbonyl (C=O) groups is 16. The van der Waals surface area contributed by atoms with E-state index in [0.717, 1.165) is 81.7 Å². The van der Waals surface area contributed by atoms with E-state index in [1.807, 2.05) is 298 Å². The first kappa shape index (κ1) is 120. The minimum absolute atomic E-state index is 0.00370. The smallest absolute Gasteiger partial charge is 0.173 e. The van der Waals surface area contributed by atoms with E-state index >= 15 is 0 Å². The fourth-order valence-corrected chi connectivity index (χ4v) is 21.1. The molecular weight excluding hydrogens is 2130 g/mol. The quantitative estimate of drug-likeness (QED) is 0.0323. The average molecular weight is 2240 g/mol. The van der Waals surface area contributed by atoms with Gasteiger partial charge in [-0.05, 0) is 198 Å². The molecule has 27 heteroatoms. The number of hydrogen-bond donors (Lipinski definition) is 0. The number of carbonyl (C=O) groups excluding carboxylic acids is 16. The molecule has 8 heterocycles. The lowest BCUT2D eigenvalue weighted by Gasteiger charge is -2.02. The predicted octanol–water partition coefficient (Wildman–Crippen LogP) is 33.9. The first-order valence-corrected chi connectivity index (χ1v) is 56.1. The molecule has 0 bridgehead atoms. The Morgan fingerprint density at radius 3 is 0.658 bits per heavy atom. The molecule has 0 N–H and O–H groups in total. The molecule has 8 aromatic carbocycles. The number of benzene rings is 8. The Labute approximate surface area is 920 Å². The number of Topliss-reactive ketones (excluding diaryl/α,β-unsaturated/α-hetero) is 16. The summed E-state index contributed by atoms with van der Waals surface area (Å²) in [7, 11) is 0. The molecule has 16 rings (SSSR count). The van der Waals surface area contributed by atoms with Crippen LogP contribution in [0.15, 0.2) is 311 Å². The summed E-state index contributed by atoms with van der Waals surface area (Å²) in [6.45, 7) is 19.7. The van der Waals surface area contributed by atoms with E-state index in [2.05, 4.69) is 15.9 Å². The molecular formula is C122H113BrCl2O16S8. The first-order valence-electron chi connectivity index (χ1n) is 47.8. The molecule has 0 aliphatic carbocycles. The minimum Gasteiger partial charge on any atom is -0.294 e. The highest BCUT2D eigenvalue weighted by Crippen LogP contribution is 2.30. The van der Waals surface area contributed by atoms with E-state index in [4.69, 9.17) is 23.2 Å². The van der Waals surface area contributed by atoms with Gasteiger partial charge in [-0.2, -0.15) is 0 Å². The van der Waals surface area contributed by atoms with Crippen LogP contribution in [0, 0.1) is 69.2 Å². The molecule has 16 nitrogen and oxygen atoms in total. The van der Waals surface area contributed by atoms with Gasteiger partial charge in [0.25, 0.3) is 0 Å². The van der Waals surface area contributed by atoms with Gasteiger partial charge in [0.2, 0.25) is 0 Å². The van der Waals surface area contributed by atoms with Gasteiger partial charge in [-0.3, -0.25) is 76.7 Å². The summed E-state index contributed by atoms with van der Waals surface area (Å²) >= 11 is 26.4. The molecule has 0 saturated carbocycles. The van der Waals surface area contributed by atoms with Crippen LogP contribution in [-0.4, -0.2) is 92.5 Å². The molecule has 0 aliphatic rings. The Morgan fingerprint density at radius 1 is 0.195 bits per heavy atom. The van der Waals surface area contributed by atoms with E-state index < -0.39 is 0 Å². The van der Waals surface area contributed by atoms with Crippen LogP contribution in [-0.2, 0) is 0 Å². The second-order valence-corrected chi connectivity index (χ2v) is 46.0. The molecule has 0 atom stereocenters. The lowest BCUT2D eigenvalue weighted by molar-refractivity contribution is 0.0919. The lowest BCUT2D eigenvalue weighted by Crippen LogP contribution is -2.04. The van der Waals surface area contributed by atoms with Gasteiger partial charge in [-0.15, -0.1) is 90.7 Å². The molecule has 0 spiro atoms. The van der Waals surface area contributed by atoms with Crippen molar-refractivity contribution in [1.82, 2.24) is 0 Å². The summed E-state index contributed by atoms with van der Waals surface area (Å²) in [5.74, 6) is 0.324. The van der Waals surface area contributed by atoms with Gasteiger partial charge in [-0.25, -0.2) is 0 Å². The molecule has 0 saturated heterocycles. The third kappa shape index (κ3) is 42.2. The molecule has 16 aromatic rings. The van der Waals surface area contributed by atoms with Crippen LogP contribution in [0.2, 0.25) is 9.36 Å². The van der Waals surface area contributed by atoms with Gasteiger partial charge >= 0.3 is 0 Å². The topological polar surface area (TPSA) is 273 Å². The van der Waals surface area contributed by atoms with Gasteiger partial charge < -0.3 is 0 Å². The molecule has 0 amide bonds. The van der Waals surface area contributed by atoms with Crippen molar-refractivity contribution < 1.29 is 76.7 Å². The third-order valence-corrected chi connectivity index (χ3v) is 31.6. The maximum absolute atomic E-state index is 12.0. The minimum atomic E-state index is -0.0921. The summed E-state index contributed by atoms with van der Waals surface area (Å²) in [5, 5.41) is 6.03. The van der Waals surface area contributed by atoms with Crippen molar-refractivity contribution in [2.24, 2.45) is 0 Å². The van der Waals surface area contributed by atoms with E-state index in [0.29, 0.717) is 68.5 Å². The van der Waals surface area contributed by atoms with Crippen molar-refractivity contribution in [3.05, 3.63) is 458 Å². The van der Waals surface area contributed by atoms with E-state index in [-0.39, 0.29) is 195 Å². The van der Waals surface area contributed by atoms with Crippen molar-refractivity contribution in [3.63, 3.8) is 0 Å². The van der Waals surface area contributed by atoms with Crippen LogP contribution in [0.4, 0.5) is 0 Å². The van der Waals surface area contributed by atoms with E-state index in [1.165, 1.54) is 90.7 Å². The molecule has 8 aromatic heterocycles. The standard InChI is InChI=1S/3C16H16O2S.C15H13BrO2S.C15H13ClO2S.2C15H14O2S.C14H11ClO2S/c2*1-11-3-6-13(7-4-11)14(17)8-9-15(18)16-10-5-12(2)19-16;1-11-4-3-5-13(10-11)14(17)7-8-15(18)16-9-6-12(2)19-16;2*1-10-2-4-11(5-3-10)12(17)6-7-13(18)14-8-9-15(16)19-14;2*1-11-4-6-12(7-5-11)13(16)8-9-14(17)15-3-2-10-18-15;15-11-5-2-1-4-10(11)12(16)7-8-13(17)14-6-3-9-18-14/h2*3-7,10H,8-9H2,1-2H3;3-6,9-10H,7-8H2,1-2H3;2*2-5,8-9H,6-7H2,1H3;2*2-7,10H,8-9H2,1H3;1-6,9H,7-8H2. The summed E-state index contributed by atoms with van der Waals surface area (Å²) in [6, 6.07) is 88.2. The second kappa shape index (κ2) is 62.6. The normalized spacial score (nSPS) is 10.4. The van der Waals surface area contributed by atoms with Crippen molar-refractivity contribution in [2.45, 2.75) is 172 Å². The van der Waals surface area contributed by atoms with Crippen molar-refractivity contribution in [1.29, 1.82) is 0 Å². The Kier molecular flexibility index (Phi) is 50.3. The monoisotopic (exact) mass is 2240 g/mol. The van der Waals surface area contributed by atoms with E-state index in [9.17, 15) is 76.7 Å². The molecule has 0 fully saturated rings. The summed E-state index contributed by atoms with van der Waals surface area (Å²) < 4.78 is 1.52. The Bertz CT molecular complexity index is 6680. The SMILES string of the molecule is Cc1ccc(C(=O)CCC(=O)c2ccc(Br)s2)cc1.Cc1ccc(C(=O)CCC(=O)c2ccc(C)s2)cc1.Cc1ccc(C(=O)CCC(=O)c2ccc(C)s2)cc1.Cc1ccc(C(=O)CCC(=O)c2ccc(Cl)s2)cc1.Cc1ccc(C(=O)CCC(=O)c2cccs2)cc1.Cc1ccc(C(=O)CCC(=O)c2cccs2)cc1.Cc1cccc(C(=O)CCC(=O)c2ccc(C)s2)c1.O=C(CCC(=O)c1ccccc1Cl)c1cccs1. The number of hydrogen-bond acceptors (Lipinski definition) is 24. The van der Waals surface area contributed by atoms with Gasteiger partial charge in [-0.1, -0.05) is 256 Å². The summed E-state index contributed by atoms with van der Waals surface area (Å²) in [4.78, 5) is 199. The number of rotatable bonds is 40. The van der Waals surface area contributed by atoms with Crippen LogP contribution in [0.5, 0.6) is 0 Å². The van der Waals surface area contributed by atoms with Gasteiger partial charge in [0.1, 0.15) is 0 Å². The van der Waals surface area contributed by atoms with Crippen LogP contribution in [0.1, 0.15) is 317 Å². The summed E-state index contributed by atoms with van der Waals surface area (Å²) in [6.07, 6.45) is 4.21. The maximum Gasteiger partial charge on any atom is 0.173 e. The second-order valence-electron chi connectivity index (χ2n) is 34.7. The van der Waals surface area contributed by atoms with Crippen LogP contribution in [0.3, 0.4) is 0 Å². The highest BCUT2D eigenvalue weighted by Gasteiger charge is 2.22. The van der Waals surface area contributed by atoms with Gasteiger partial charge in [0.15, 0.2) is 92.5 Å². The van der Waals surface area contributed by atoms with Gasteiger partial charge in [0.05, 0.1) is 52.2 Å². The molecule has 0 aliphatic heterocycles. The largest absolute Gasteiger partial charge is 0.294 e. The van der Waals surface area contributed by atoms with Gasteiger partial charge in [0, 0.05) is 162 Å². The highest BCUT2D eigenvalue weighted by atomic mass is 79.9. The Morgan fingerprint density at radius 2 is 0.430 bits per heavy atom. The van der Waals surface area contributed by atoms with Crippen molar-refractivity contribution in [2.75, 3.05) is 0 Å². The molecule has 766 valence electrons. The third-order valence-electron chi connectivity index (χ3n) is 22.5. The highest BCUT2D eigenvalue weighted by molar-refractivity contribution is 9.11. The van der Waals surface area contributed by atoms with Crippen LogP contribution in [0.25, 0.3) is 0 Å². The maximum atomic E-state index is 12.0. The van der Waals surface area contributed by atoms with E-state index in [1.54, 1.807) is 78.9 Å². The predicted molar refractivity (Wildman–Crippen MR) is 614 cm³/mol. The zero-order valence-corrected chi connectivity index (χ0v) is 93.8. The average Bonchev–Trinajstić information content (AvgIpc) is 1.85. The summed E-state index contributed by atoms with van der Waals surface area (Å²) in [5.41, 5.74) is 13.0. The van der Waals surface area contributed by atoms with Crippen LogP contribution >= 0.6 is 130 Å². The number of thiophene rings is 8. The fourth-order valence-electron chi connectivity index (χ4n) is 13.9.